The highest BCUT2D eigenvalue weighted by atomic mass is 32.1. The molecule has 32 heavy (non-hydrogen) atoms. The molecular formula is C24H22N2O5S. The molecule has 1 saturated heterocycles. The summed E-state index contributed by atoms with van der Waals surface area (Å²) in [7, 11) is 1.41. The summed E-state index contributed by atoms with van der Waals surface area (Å²) in [5.74, 6) is -1.73. The topological polar surface area (TPSA) is 100.0 Å². The molecule has 0 aliphatic carbocycles. The molecule has 2 aromatic carbocycles. The van der Waals surface area contributed by atoms with Gasteiger partial charge in [0.2, 0.25) is 0 Å². The lowest BCUT2D eigenvalue weighted by atomic mass is 9.95. The van der Waals surface area contributed by atoms with Crippen LogP contribution in [0.5, 0.6) is 11.5 Å². The number of aliphatic hydroxyl groups excluding tert-OH is 1. The fourth-order valence-corrected chi connectivity index (χ4v) is 4.57. The van der Waals surface area contributed by atoms with Gasteiger partial charge in [-0.15, -0.1) is 11.3 Å². The van der Waals surface area contributed by atoms with E-state index in [2.05, 4.69) is 4.98 Å². The van der Waals surface area contributed by atoms with Crippen LogP contribution < -0.4 is 9.64 Å². The summed E-state index contributed by atoms with van der Waals surface area (Å²) in [5.41, 5.74) is 2.63. The highest BCUT2D eigenvalue weighted by Gasteiger charge is 2.48. The average Bonchev–Trinajstić information content (AvgIpc) is 3.24. The first-order valence-electron chi connectivity index (χ1n) is 9.92. The van der Waals surface area contributed by atoms with Crippen molar-refractivity contribution < 1.29 is 24.5 Å². The van der Waals surface area contributed by atoms with Crippen molar-refractivity contribution in [3.8, 4) is 11.5 Å². The molecule has 4 rings (SSSR count). The summed E-state index contributed by atoms with van der Waals surface area (Å²) >= 11 is 1.30. The second-order valence-corrected chi connectivity index (χ2v) is 8.79. The number of amides is 1. The Morgan fingerprint density at radius 3 is 2.38 bits per heavy atom. The SMILES string of the molecule is COc1cc([C@@H]2/C(=C(\O)c3ccc(C)cc3)C(=O)C(=O)N2c2nc(C)c(C)s2)ccc1O. The third kappa shape index (κ3) is 3.52. The maximum atomic E-state index is 13.2. The second-order valence-electron chi connectivity index (χ2n) is 7.60. The van der Waals surface area contributed by atoms with Crippen LogP contribution in [-0.2, 0) is 9.59 Å². The first-order valence-corrected chi connectivity index (χ1v) is 10.7. The predicted octanol–water partition coefficient (Wildman–Crippen LogP) is 4.41. The predicted molar refractivity (Wildman–Crippen MR) is 122 cm³/mol. The van der Waals surface area contributed by atoms with E-state index < -0.39 is 17.7 Å². The number of hydrogen-bond acceptors (Lipinski definition) is 7. The summed E-state index contributed by atoms with van der Waals surface area (Å²) in [5, 5.41) is 21.5. The van der Waals surface area contributed by atoms with Crippen molar-refractivity contribution in [2.75, 3.05) is 12.0 Å². The van der Waals surface area contributed by atoms with E-state index in [1.54, 1.807) is 24.3 Å². The molecule has 7 nitrogen and oxygen atoms in total. The number of anilines is 1. The zero-order valence-electron chi connectivity index (χ0n) is 18.0. The lowest BCUT2D eigenvalue weighted by Gasteiger charge is -2.23. The van der Waals surface area contributed by atoms with Gasteiger partial charge in [-0.05, 0) is 38.5 Å². The maximum absolute atomic E-state index is 13.2. The first kappa shape index (κ1) is 21.6. The number of aryl methyl sites for hydroxylation is 3. The highest BCUT2D eigenvalue weighted by Crippen LogP contribution is 2.45. The molecule has 1 aromatic heterocycles. The number of carbonyl (C=O) groups is 2. The molecule has 1 atom stereocenters. The Morgan fingerprint density at radius 2 is 1.78 bits per heavy atom. The molecular weight excluding hydrogens is 428 g/mol. The molecule has 0 spiro atoms. The van der Waals surface area contributed by atoms with Gasteiger partial charge in [0.15, 0.2) is 16.6 Å². The number of ether oxygens (including phenoxy) is 1. The van der Waals surface area contributed by atoms with Gasteiger partial charge in [0.1, 0.15) is 5.76 Å². The Balaban J connectivity index is 1.97. The van der Waals surface area contributed by atoms with Gasteiger partial charge in [-0.25, -0.2) is 4.98 Å². The van der Waals surface area contributed by atoms with Crippen LogP contribution in [0.3, 0.4) is 0 Å². The number of methoxy groups -OCH3 is 1. The number of aromatic hydroxyl groups is 1. The van der Waals surface area contributed by atoms with Gasteiger partial charge in [0.25, 0.3) is 5.78 Å². The van der Waals surface area contributed by atoms with Crippen LogP contribution in [0.1, 0.15) is 33.3 Å². The monoisotopic (exact) mass is 450 g/mol. The minimum atomic E-state index is -0.934. The molecule has 1 aliphatic rings. The van der Waals surface area contributed by atoms with E-state index in [0.717, 1.165) is 16.1 Å². The number of phenols is 1. The lowest BCUT2D eigenvalue weighted by molar-refractivity contribution is -0.132. The number of hydrogen-bond donors (Lipinski definition) is 2. The summed E-state index contributed by atoms with van der Waals surface area (Å²) < 4.78 is 5.23. The third-order valence-corrected chi connectivity index (χ3v) is 6.58. The molecule has 0 radical (unpaired) electrons. The van der Waals surface area contributed by atoms with Crippen LogP contribution in [0.25, 0.3) is 5.76 Å². The zero-order valence-corrected chi connectivity index (χ0v) is 18.9. The molecule has 3 aromatic rings. The minimum absolute atomic E-state index is 0.0443. The minimum Gasteiger partial charge on any atom is -0.507 e. The maximum Gasteiger partial charge on any atom is 0.301 e. The highest BCUT2D eigenvalue weighted by molar-refractivity contribution is 7.16. The molecule has 1 fully saturated rings. The number of phenolic OH excluding ortho intramolecular Hbond substituents is 1. The Kier molecular flexibility index (Phi) is 5.48. The van der Waals surface area contributed by atoms with Crippen LogP contribution in [0.15, 0.2) is 48.0 Å². The Morgan fingerprint density at radius 1 is 1.09 bits per heavy atom. The molecule has 0 bridgehead atoms. The number of carbonyl (C=O) groups excluding carboxylic acids is 2. The zero-order chi connectivity index (χ0) is 23.2. The van der Waals surface area contributed by atoms with Gasteiger partial charge in [-0.3, -0.25) is 14.5 Å². The van der Waals surface area contributed by atoms with Gasteiger partial charge in [-0.2, -0.15) is 0 Å². The van der Waals surface area contributed by atoms with Gasteiger partial charge in [0.05, 0.1) is 24.4 Å². The molecule has 2 heterocycles. The smallest absolute Gasteiger partial charge is 0.301 e. The van der Waals surface area contributed by atoms with Crippen molar-refractivity contribution in [1.82, 2.24) is 4.98 Å². The number of aliphatic hydroxyl groups is 1. The van der Waals surface area contributed by atoms with Crippen molar-refractivity contribution in [1.29, 1.82) is 0 Å². The number of nitrogens with zero attached hydrogens (tertiary/aromatic N) is 2. The van der Waals surface area contributed by atoms with E-state index >= 15 is 0 Å². The molecule has 164 valence electrons. The van der Waals surface area contributed by atoms with Crippen molar-refractivity contribution in [2.24, 2.45) is 0 Å². The molecule has 0 unspecified atom stereocenters. The van der Waals surface area contributed by atoms with Crippen LogP contribution in [0, 0.1) is 20.8 Å². The third-order valence-electron chi connectivity index (χ3n) is 5.51. The van der Waals surface area contributed by atoms with E-state index in [1.807, 2.05) is 32.9 Å². The first-order chi connectivity index (χ1) is 15.2. The molecule has 8 heteroatoms. The molecule has 0 saturated carbocycles. The molecule has 1 aliphatic heterocycles. The number of ketones is 1. The van der Waals surface area contributed by atoms with E-state index in [0.29, 0.717) is 16.3 Å². The number of aromatic nitrogens is 1. The van der Waals surface area contributed by atoms with E-state index in [-0.39, 0.29) is 22.8 Å². The van der Waals surface area contributed by atoms with E-state index in [4.69, 9.17) is 4.74 Å². The van der Waals surface area contributed by atoms with E-state index in [9.17, 15) is 19.8 Å². The standard InChI is InChI=1S/C24H22N2O5S/c1-12-5-7-15(8-6-12)21(28)19-20(16-9-10-17(27)18(11-16)31-4)26(23(30)22(19)29)24-25-13(2)14(3)32-24/h5-11,20,27-28H,1-4H3/b21-19+/t20-/m1/s1. The second kappa shape index (κ2) is 8.12. The van der Waals surface area contributed by atoms with Crippen molar-refractivity contribution in [2.45, 2.75) is 26.8 Å². The summed E-state index contributed by atoms with van der Waals surface area (Å²) in [6, 6.07) is 10.7. The quantitative estimate of drug-likeness (QED) is 0.347. The largest absolute Gasteiger partial charge is 0.507 e. The van der Waals surface area contributed by atoms with Crippen LogP contribution in [0.4, 0.5) is 5.13 Å². The lowest BCUT2D eigenvalue weighted by Crippen LogP contribution is -2.29. The summed E-state index contributed by atoms with van der Waals surface area (Å²) in [6.45, 7) is 5.63. The van der Waals surface area contributed by atoms with E-state index in [1.165, 1.54) is 29.4 Å². The number of benzene rings is 2. The number of rotatable bonds is 4. The summed E-state index contributed by atoms with van der Waals surface area (Å²) in [4.78, 5) is 33.0. The summed E-state index contributed by atoms with van der Waals surface area (Å²) in [6.07, 6.45) is 0. The average molecular weight is 451 g/mol. The fraction of sp³-hybridized carbons (Fsp3) is 0.208. The number of Topliss-reactive ketones (excluding diaryl/α,β-unsaturated/α-hetero) is 1. The molecule has 1 amide bonds. The Hall–Kier alpha value is -3.65. The van der Waals surface area contributed by atoms with Crippen LogP contribution in [-0.4, -0.2) is 34.0 Å². The van der Waals surface area contributed by atoms with Crippen molar-refractivity contribution in [3.63, 3.8) is 0 Å². The molecule has 2 N–H and O–H groups in total. The normalized spacial score (nSPS) is 17.8. The van der Waals surface area contributed by atoms with Gasteiger partial charge in [-0.1, -0.05) is 35.9 Å². The van der Waals surface area contributed by atoms with Crippen LogP contribution in [0.2, 0.25) is 0 Å². The fourth-order valence-electron chi connectivity index (χ4n) is 3.64. The van der Waals surface area contributed by atoms with Crippen LogP contribution >= 0.6 is 11.3 Å². The van der Waals surface area contributed by atoms with Gasteiger partial charge in [0, 0.05) is 10.4 Å². The Labute approximate surface area is 189 Å². The van der Waals surface area contributed by atoms with Gasteiger partial charge >= 0.3 is 5.91 Å². The van der Waals surface area contributed by atoms with Crippen molar-refractivity contribution >= 4 is 33.9 Å². The van der Waals surface area contributed by atoms with Gasteiger partial charge < -0.3 is 14.9 Å². The van der Waals surface area contributed by atoms with Crippen molar-refractivity contribution in [3.05, 3.63) is 75.3 Å². The Bertz CT molecular complexity index is 1240. The number of thiazole rings is 1.